The molecule has 0 bridgehead atoms. The van der Waals surface area contributed by atoms with Crippen molar-refractivity contribution in [3.8, 4) is 0 Å². The van der Waals surface area contributed by atoms with E-state index in [0.29, 0.717) is 13.2 Å². The van der Waals surface area contributed by atoms with E-state index in [0.717, 1.165) is 6.07 Å². The second-order valence-electron chi connectivity index (χ2n) is 4.58. The number of carbonyl (C=O) groups excluding carboxylic acids is 1. The van der Waals surface area contributed by atoms with E-state index in [-0.39, 0.29) is 26.4 Å². The molecule has 0 fully saturated rings. The van der Waals surface area contributed by atoms with Crippen molar-refractivity contribution in [2.75, 3.05) is 20.3 Å². The summed E-state index contributed by atoms with van der Waals surface area (Å²) in [6, 6.07) is 2.24. The first-order valence-electron chi connectivity index (χ1n) is 5.95. The minimum Gasteiger partial charge on any atom is -0.384 e. The Labute approximate surface area is 133 Å². The molecule has 0 aliphatic heterocycles. The van der Waals surface area contributed by atoms with Crippen molar-refractivity contribution in [2.24, 2.45) is 11.1 Å². The van der Waals surface area contributed by atoms with Gasteiger partial charge in [0.15, 0.2) is 0 Å². The highest BCUT2D eigenvalue weighted by molar-refractivity contribution is 7.89. The van der Waals surface area contributed by atoms with Crippen molar-refractivity contribution in [1.29, 1.82) is 0 Å². The number of methoxy groups -OCH3 is 1. The highest BCUT2D eigenvalue weighted by Crippen LogP contribution is 2.28. The van der Waals surface area contributed by atoms with Gasteiger partial charge in [0, 0.05) is 13.7 Å². The van der Waals surface area contributed by atoms with Crippen LogP contribution in [0.1, 0.15) is 17.3 Å². The van der Waals surface area contributed by atoms with Gasteiger partial charge in [0.25, 0.3) is 5.91 Å². The molecule has 118 valence electrons. The Balaban J connectivity index is 3.00. The molecule has 1 rings (SSSR count). The van der Waals surface area contributed by atoms with E-state index in [1.165, 1.54) is 6.07 Å². The number of primary sulfonamides is 1. The zero-order valence-electron chi connectivity index (χ0n) is 11.5. The Morgan fingerprint density at radius 1 is 1.38 bits per heavy atom. The molecular weight excluding hydrogens is 339 g/mol. The van der Waals surface area contributed by atoms with Crippen LogP contribution >= 0.6 is 23.2 Å². The van der Waals surface area contributed by atoms with Crippen LogP contribution in [0.3, 0.4) is 0 Å². The van der Waals surface area contributed by atoms with Crippen molar-refractivity contribution in [3.63, 3.8) is 0 Å². The number of nitrogens with one attached hydrogen (secondary N) is 1. The van der Waals surface area contributed by atoms with Crippen LogP contribution in [-0.2, 0) is 14.8 Å². The number of ether oxygens (including phenoxy) is 1. The lowest BCUT2D eigenvalue weighted by molar-refractivity contribution is 0.0934. The van der Waals surface area contributed by atoms with Crippen molar-refractivity contribution >= 4 is 39.1 Å². The SMILES string of the molecule is COCC(C)CNC(=O)c1cc(S(N)(=O)=O)c(Cl)cc1Cl. The van der Waals surface area contributed by atoms with Gasteiger partial charge in [0.05, 0.1) is 22.2 Å². The third kappa shape index (κ3) is 5.12. The maximum Gasteiger partial charge on any atom is 0.252 e. The molecule has 1 aromatic rings. The zero-order valence-corrected chi connectivity index (χ0v) is 13.8. The largest absolute Gasteiger partial charge is 0.384 e. The number of amides is 1. The summed E-state index contributed by atoms with van der Waals surface area (Å²) in [5.74, 6) is -0.410. The van der Waals surface area contributed by atoms with Crippen molar-refractivity contribution in [2.45, 2.75) is 11.8 Å². The van der Waals surface area contributed by atoms with Gasteiger partial charge in [-0.3, -0.25) is 4.79 Å². The Bertz CT molecular complexity index is 634. The summed E-state index contributed by atoms with van der Waals surface area (Å²) >= 11 is 11.7. The van der Waals surface area contributed by atoms with Crippen LogP contribution in [0.15, 0.2) is 17.0 Å². The minimum atomic E-state index is -4.04. The van der Waals surface area contributed by atoms with Crippen molar-refractivity contribution in [3.05, 3.63) is 27.7 Å². The predicted octanol–water partition coefficient (Wildman–Crippen LogP) is 1.65. The summed E-state index contributed by atoms with van der Waals surface area (Å²) < 4.78 is 27.7. The van der Waals surface area contributed by atoms with E-state index < -0.39 is 15.9 Å². The first-order valence-corrected chi connectivity index (χ1v) is 8.26. The molecule has 0 aromatic heterocycles. The average molecular weight is 355 g/mol. The molecule has 0 aliphatic rings. The topological polar surface area (TPSA) is 98.5 Å². The van der Waals surface area contributed by atoms with E-state index in [2.05, 4.69) is 5.32 Å². The number of benzene rings is 1. The van der Waals surface area contributed by atoms with Crippen LogP contribution in [0.5, 0.6) is 0 Å². The summed E-state index contributed by atoms with van der Waals surface area (Å²) in [7, 11) is -2.47. The van der Waals surface area contributed by atoms with E-state index in [1.54, 1.807) is 7.11 Å². The molecular formula is C12H16Cl2N2O4S. The molecule has 0 heterocycles. The van der Waals surface area contributed by atoms with Crippen LogP contribution in [-0.4, -0.2) is 34.6 Å². The van der Waals surface area contributed by atoms with Crippen LogP contribution < -0.4 is 10.5 Å². The summed E-state index contributed by atoms with van der Waals surface area (Å²) in [4.78, 5) is 11.7. The van der Waals surface area contributed by atoms with Crippen LogP contribution in [0.25, 0.3) is 0 Å². The standard InChI is InChI=1S/C12H16Cl2N2O4S/c1-7(6-20-2)5-16-12(17)8-3-11(21(15,18)19)10(14)4-9(8)13/h3-4,7H,5-6H2,1-2H3,(H,16,17)(H2,15,18,19). The molecule has 0 saturated heterocycles. The average Bonchev–Trinajstić information content (AvgIpc) is 2.34. The Hall–Kier alpha value is -0.860. The minimum absolute atomic E-state index is 0.00490. The molecule has 0 saturated carbocycles. The predicted molar refractivity (Wildman–Crippen MR) is 81.2 cm³/mol. The van der Waals surface area contributed by atoms with E-state index in [9.17, 15) is 13.2 Å². The summed E-state index contributed by atoms with van der Waals surface area (Å²) in [6.07, 6.45) is 0. The normalized spacial score (nSPS) is 13.0. The lowest BCUT2D eigenvalue weighted by atomic mass is 10.1. The van der Waals surface area contributed by atoms with Gasteiger partial charge in [-0.2, -0.15) is 0 Å². The highest BCUT2D eigenvalue weighted by atomic mass is 35.5. The number of rotatable bonds is 6. The maximum atomic E-state index is 12.0. The molecule has 3 N–H and O–H groups in total. The summed E-state index contributed by atoms with van der Waals surface area (Å²) in [6.45, 7) is 2.73. The maximum absolute atomic E-state index is 12.0. The van der Waals surface area contributed by atoms with Gasteiger partial charge in [0.2, 0.25) is 10.0 Å². The molecule has 21 heavy (non-hydrogen) atoms. The third-order valence-electron chi connectivity index (χ3n) is 2.63. The quantitative estimate of drug-likeness (QED) is 0.811. The molecule has 0 radical (unpaired) electrons. The van der Waals surface area contributed by atoms with Gasteiger partial charge in [-0.25, -0.2) is 13.6 Å². The van der Waals surface area contributed by atoms with Crippen LogP contribution in [0.4, 0.5) is 0 Å². The van der Waals surface area contributed by atoms with Gasteiger partial charge in [-0.15, -0.1) is 0 Å². The fourth-order valence-corrected chi connectivity index (χ4v) is 3.03. The number of sulfonamides is 1. The Morgan fingerprint density at radius 2 is 2.00 bits per heavy atom. The van der Waals surface area contributed by atoms with Gasteiger partial charge in [0.1, 0.15) is 4.90 Å². The number of nitrogens with two attached hydrogens (primary N) is 1. The van der Waals surface area contributed by atoms with Gasteiger partial charge < -0.3 is 10.1 Å². The molecule has 6 nitrogen and oxygen atoms in total. The van der Waals surface area contributed by atoms with Gasteiger partial charge in [-0.1, -0.05) is 30.1 Å². The number of hydrogen-bond donors (Lipinski definition) is 2. The molecule has 1 amide bonds. The molecule has 1 unspecified atom stereocenters. The van der Waals surface area contributed by atoms with Crippen molar-refractivity contribution < 1.29 is 17.9 Å². The highest BCUT2D eigenvalue weighted by Gasteiger charge is 2.20. The summed E-state index contributed by atoms with van der Waals surface area (Å²) in [5.41, 5.74) is -0.00490. The van der Waals surface area contributed by atoms with Gasteiger partial charge in [-0.05, 0) is 18.1 Å². The first-order chi connectivity index (χ1) is 9.66. The molecule has 9 heteroatoms. The molecule has 0 spiro atoms. The molecule has 1 aromatic carbocycles. The van der Waals surface area contributed by atoms with E-state index >= 15 is 0 Å². The first kappa shape index (κ1) is 18.2. The lowest BCUT2D eigenvalue weighted by Crippen LogP contribution is -2.30. The summed E-state index contributed by atoms with van der Waals surface area (Å²) in [5, 5.41) is 7.59. The number of carbonyl (C=O) groups is 1. The third-order valence-corrected chi connectivity index (χ3v) is 4.32. The van der Waals surface area contributed by atoms with Crippen LogP contribution in [0, 0.1) is 5.92 Å². The molecule has 0 aliphatic carbocycles. The number of halogens is 2. The van der Waals surface area contributed by atoms with E-state index in [4.69, 9.17) is 33.1 Å². The monoisotopic (exact) mass is 354 g/mol. The second-order valence-corrected chi connectivity index (χ2v) is 6.92. The fourth-order valence-electron chi connectivity index (χ4n) is 1.63. The lowest BCUT2D eigenvalue weighted by Gasteiger charge is -2.13. The molecule has 1 atom stereocenters. The van der Waals surface area contributed by atoms with E-state index in [1.807, 2.05) is 6.92 Å². The number of hydrogen-bond acceptors (Lipinski definition) is 4. The second kappa shape index (κ2) is 7.42. The fraction of sp³-hybridized carbons (Fsp3) is 0.417. The smallest absolute Gasteiger partial charge is 0.252 e. The van der Waals surface area contributed by atoms with Gasteiger partial charge >= 0.3 is 0 Å². The Morgan fingerprint density at radius 3 is 2.52 bits per heavy atom. The Kier molecular flexibility index (Phi) is 6.42. The van der Waals surface area contributed by atoms with Crippen molar-refractivity contribution in [1.82, 2.24) is 5.32 Å². The zero-order chi connectivity index (χ0) is 16.2. The van der Waals surface area contributed by atoms with Crippen LogP contribution in [0.2, 0.25) is 10.0 Å².